The molecule has 0 spiro atoms. The Morgan fingerprint density at radius 3 is 3.18 bits per heavy atom. The van der Waals surface area contributed by atoms with Crippen LogP contribution in [0.1, 0.15) is 6.42 Å². The SMILES string of the molecule is Clc1csc(N2CCCN2)n1. The average molecular weight is 190 g/mol. The maximum atomic E-state index is 5.68. The maximum absolute atomic E-state index is 5.68. The molecule has 1 aromatic rings. The van der Waals surface area contributed by atoms with Crippen LogP contribution >= 0.6 is 22.9 Å². The van der Waals surface area contributed by atoms with Crippen molar-refractivity contribution in [3.63, 3.8) is 0 Å². The smallest absolute Gasteiger partial charge is 0.201 e. The standard InChI is InChI=1S/C6H8ClN3S/c7-5-4-11-6(9-5)10-3-1-2-8-10/h4,8H,1-3H2. The molecule has 0 atom stereocenters. The molecule has 5 heteroatoms. The van der Waals surface area contributed by atoms with Gasteiger partial charge in [0, 0.05) is 18.5 Å². The highest BCUT2D eigenvalue weighted by molar-refractivity contribution is 7.14. The quantitative estimate of drug-likeness (QED) is 0.726. The van der Waals surface area contributed by atoms with E-state index in [1.165, 1.54) is 6.42 Å². The Morgan fingerprint density at radius 2 is 2.64 bits per heavy atom. The Bertz CT molecular complexity index is 244. The van der Waals surface area contributed by atoms with E-state index in [1.807, 2.05) is 10.4 Å². The maximum Gasteiger partial charge on any atom is 0.201 e. The third-order valence-corrected chi connectivity index (χ3v) is 2.74. The first-order valence-corrected chi connectivity index (χ1v) is 4.74. The predicted molar refractivity (Wildman–Crippen MR) is 47.1 cm³/mol. The van der Waals surface area contributed by atoms with Crippen LogP contribution in [0, 0.1) is 0 Å². The molecule has 1 aliphatic heterocycles. The van der Waals surface area contributed by atoms with Gasteiger partial charge < -0.3 is 0 Å². The van der Waals surface area contributed by atoms with Gasteiger partial charge in [-0.05, 0) is 6.42 Å². The number of aromatic nitrogens is 1. The van der Waals surface area contributed by atoms with Crippen molar-refractivity contribution in [1.29, 1.82) is 0 Å². The molecule has 1 aromatic heterocycles. The van der Waals surface area contributed by atoms with E-state index in [1.54, 1.807) is 11.3 Å². The van der Waals surface area contributed by atoms with Crippen LogP contribution in [0.2, 0.25) is 5.15 Å². The first-order valence-electron chi connectivity index (χ1n) is 3.48. The minimum absolute atomic E-state index is 0.582. The number of anilines is 1. The van der Waals surface area contributed by atoms with Gasteiger partial charge in [-0.15, -0.1) is 11.3 Å². The second-order valence-corrected chi connectivity index (χ2v) is 3.59. The number of hydrogen-bond donors (Lipinski definition) is 1. The Balaban J connectivity index is 2.15. The lowest BCUT2D eigenvalue weighted by Gasteiger charge is -2.12. The fraction of sp³-hybridized carbons (Fsp3) is 0.500. The fourth-order valence-corrected chi connectivity index (χ4v) is 2.02. The van der Waals surface area contributed by atoms with Crippen molar-refractivity contribution in [2.24, 2.45) is 0 Å². The van der Waals surface area contributed by atoms with E-state index in [4.69, 9.17) is 11.6 Å². The summed E-state index contributed by atoms with van der Waals surface area (Å²) in [5, 5.41) is 5.43. The zero-order valence-electron chi connectivity index (χ0n) is 5.88. The largest absolute Gasteiger partial charge is 0.283 e. The van der Waals surface area contributed by atoms with Crippen LogP contribution in [0.3, 0.4) is 0 Å². The van der Waals surface area contributed by atoms with Crippen LogP contribution in [0.15, 0.2) is 5.38 Å². The molecule has 2 heterocycles. The topological polar surface area (TPSA) is 28.2 Å². The molecule has 0 aromatic carbocycles. The molecule has 1 aliphatic rings. The van der Waals surface area contributed by atoms with Crippen molar-refractivity contribution >= 4 is 28.1 Å². The Hall–Kier alpha value is -0.320. The number of hydrogen-bond acceptors (Lipinski definition) is 4. The predicted octanol–water partition coefficient (Wildman–Crippen LogP) is 1.51. The highest BCUT2D eigenvalue weighted by Gasteiger charge is 2.14. The molecule has 1 fully saturated rings. The molecule has 3 nitrogen and oxygen atoms in total. The molecule has 0 bridgehead atoms. The summed E-state index contributed by atoms with van der Waals surface area (Å²) < 4.78 is 0. The molecule has 0 unspecified atom stereocenters. The van der Waals surface area contributed by atoms with Crippen LogP contribution in [0.4, 0.5) is 5.13 Å². The van der Waals surface area contributed by atoms with Crippen LogP contribution in [-0.4, -0.2) is 18.1 Å². The third kappa shape index (κ3) is 1.47. The summed E-state index contributed by atoms with van der Waals surface area (Å²) in [7, 11) is 0. The molecule has 11 heavy (non-hydrogen) atoms. The van der Waals surface area contributed by atoms with Gasteiger partial charge in [0.2, 0.25) is 5.13 Å². The van der Waals surface area contributed by atoms with Crippen LogP contribution < -0.4 is 10.4 Å². The summed E-state index contributed by atoms with van der Waals surface area (Å²) in [6, 6.07) is 0. The minimum atomic E-state index is 0.582. The van der Waals surface area contributed by atoms with Gasteiger partial charge in [-0.1, -0.05) is 11.6 Å². The van der Waals surface area contributed by atoms with E-state index in [-0.39, 0.29) is 0 Å². The molecular formula is C6H8ClN3S. The Kier molecular flexibility index (Phi) is 1.98. The molecule has 60 valence electrons. The van der Waals surface area contributed by atoms with Gasteiger partial charge in [-0.25, -0.2) is 10.4 Å². The van der Waals surface area contributed by atoms with Crippen molar-refractivity contribution in [2.45, 2.75) is 6.42 Å². The monoisotopic (exact) mass is 189 g/mol. The van der Waals surface area contributed by atoms with Gasteiger partial charge in [0.25, 0.3) is 0 Å². The lowest BCUT2D eigenvalue weighted by molar-refractivity contribution is 0.783. The zero-order valence-corrected chi connectivity index (χ0v) is 7.45. The van der Waals surface area contributed by atoms with Gasteiger partial charge in [0.05, 0.1) is 0 Å². The summed E-state index contributed by atoms with van der Waals surface area (Å²) >= 11 is 7.25. The van der Waals surface area contributed by atoms with Crippen molar-refractivity contribution in [3.8, 4) is 0 Å². The molecule has 2 rings (SSSR count). The van der Waals surface area contributed by atoms with Crippen molar-refractivity contribution in [2.75, 3.05) is 18.1 Å². The minimum Gasteiger partial charge on any atom is -0.283 e. The summed E-state index contributed by atoms with van der Waals surface area (Å²) in [6.07, 6.45) is 1.18. The molecule has 0 radical (unpaired) electrons. The van der Waals surface area contributed by atoms with Gasteiger partial charge in [0.1, 0.15) is 5.15 Å². The number of hydrazine groups is 1. The van der Waals surface area contributed by atoms with E-state index in [9.17, 15) is 0 Å². The summed E-state index contributed by atoms with van der Waals surface area (Å²) in [4.78, 5) is 4.14. The fourth-order valence-electron chi connectivity index (χ4n) is 1.06. The first kappa shape index (κ1) is 7.34. The average Bonchev–Trinajstić information content (AvgIpc) is 2.55. The van der Waals surface area contributed by atoms with Gasteiger partial charge in [-0.2, -0.15) is 0 Å². The van der Waals surface area contributed by atoms with E-state index < -0.39 is 0 Å². The normalized spacial score (nSPS) is 17.7. The van der Waals surface area contributed by atoms with Crippen molar-refractivity contribution < 1.29 is 0 Å². The Morgan fingerprint density at radius 1 is 1.73 bits per heavy atom. The number of thiazole rings is 1. The molecule has 1 N–H and O–H groups in total. The summed E-state index contributed by atoms with van der Waals surface area (Å²) in [5.74, 6) is 0. The van der Waals surface area contributed by atoms with E-state index in [0.29, 0.717) is 5.15 Å². The van der Waals surface area contributed by atoms with Gasteiger partial charge in [-0.3, -0.25) is 5.01 Å². The van der Waals surface area contributed by atoms with Crippen molar-refractivity contribution in [3.05, 3.63) is 10.5 Å². The van der Waals surface area contributed by atoms with Crippen LogP contribution in [-0.2, 0) is 0 Å². The second-order valence-electron chi connectivity index (χ2n) is 2.37. The summed E-state index contributed by atoms with van der Waals surface area (Å²) in [5.41, 5.74) is 3.21. The first-order chi connectivity index (χ1) is 5.36. The van der Waals surface area contributed by atoms with E-state index in [0.717, 1.165) is 18.2 Å². The Labute approximate surface area is 74.0 Å². The summed E-state index contributed by atoms with van der Waals surface area (Å²) in [6.45, 7) is 2.07. The molecule has 0 saturated carbocycles. The molecular weight excluding hydrogens is 182 g/mol. The van der Waals surface area contributed by atoms with Crippen LogP contribution in [0.5, 0.6) is 0 Å². The van der Waals surface area contributed by atoms with Crippen LogP contribution in [0.25, 0.3) is 0 Å². The lowest BCUT2D eigenvalue weighted by atomic mass is 10.5. The van der Waals surface area contributed by atoms with Gasteiger partial charge >= 0.3 is 0 Å². The lowest BCUT2D eigenvalue weighted by Crippen LogP contribution is -2.30. The molecule has 1 saturated heterocycles. The molecule has 0 aliphatic carbocycles. The number of rotatable bonds is 1. The third-order valence-electron chi connectivity index (χ3n) is 1.56. The second kappa shape index (κ2) is 2.97. The van der Waals surface area contributed by atoms with Crippen molar-refractivity contribution in [1.82, 2.24) is 10.4 Å². The molecule has 0 amide bonds. The van der Waals surface area contributed by atoms with E-state index >= 15 is 0 Å². The van der Waals surface area contributed by atoms with Gasteiger partial charge in [0.15, 0.2) is 0 Å². The number of halogens is 1. The number of nitrogens with zero attached hydrogens (tertiary/aromatic N) is 2. The number of nitrogens with one attached hydrogen (secondary N) is 1. The zero-order chi connectivity index (χ0) is 7.68. The highest BCUT2D eigenvalue weighted by atomic mass is 35.5. The van der Waals surface area contributed by atoms with E-state index in [2.05, 4.69) is 10.4 Å². The highest BCUT2D eigenvalue weighted by Crippen LogP contribution is 2.23.